The first-order valence-electron chi connectivity index (χ1n) is 25.1. The van der Waals surface area contributed by atoms with Gasteiger partial charge in [0.1, 0.15) is 36.3 Å². The smallest absolute Gasteiger partial charge is 0.195 e. The van der Waals surface area contributed by atoms with E-state index in [9.17, 15) is 23.6 Å². The van der Waals surface area contributed by atoms with Crippen LogP contribution in [-0.4, -0.2) is 92.5 Å². The van der Waals surface area contributed by atoms with Crippen LogP contribution in [0.3, 0.4) is 0 Å². The maximum absolute atomic E-state index is 13.9. The van der Waals surface area contributed by atoms with Crippen LogP contribution in [0, 0.1) is 5.82 Å². The maximum atomic E-state index is 13.9. The molecule has 374 valence electrons. The van der Waals surface area contributed by atoms with E-state index < -0.39 is 0 Å². The highest BCUT2D eigenvalue weighted by atomic mass is 32.1. The van der Waals surface area contributed by atoms with Crippen LogP contribution < -0.4 is 14.2 Å². The molecule has 0 aliphatic carbocycles. The summed E-state index contributed by atoms with van der Waals surface area (Å²) in [6.07, 6.45) is 7.68. The first kappa shape index (κ1) is 51.1. The van der Waals surface area contributed by atoms with Crippen LogP contribution in [0.15, 0.2) is 133 Å². The number of piperidine rings is 2. The molecule has 73 heavy (non-hydrogen) atoms. The van der Waals surface area contributed by atoms with Crippen molar-refractivity contribution in [1.29, 1.82) is 0 Å². The molecule has 10 rings (SSSR count). The second kappa shape index (κ2) is 23.8. The van der Waals surface area contributed by atoms with Crippen LogP contribution in [0.4, 0.5) is 4.39 Å². The molecule has 2 fully saturated rings. The molecule has 2 aromatic heterocycles. The lowest BCUT2D eigenvalue weighted by atomic mass is 9.97. The van der Waals surface area contributed by atoms with Gasteiger partial charge in [-0.25, -0.2) is 4.39 Å². The number of ketones is 4. The van der Waals surface area contributed by atoms with E-state index in [1.807, 2.05) is 84.9 Å². The van der Waals surface area contributed by atoms with Gasteiger partial charge < -0.3 is 14.2 Å². The number of thiophene rings is 2. The highest BCUT2D eigenvalue weighted by Crippen LogP contribution is 2.42. The Morgan fingerprint density at radius 1 is 0.479 bits per heavy atom. The Balaban J connectivity index is 0.000000180. The van der Waals surface area contributed by atoms with Gasteiger partial charge in [0, 0.05) is 76.4 Å². The van der Waals surface area contributed by atoms with Crippen molar-refractivity contribution in [2.75, 3.05) is 59.6 Å². The number of carbonyl (C=O) groups is 4. The number of benzene rings is 6. The monoisotopic (exact) mass is 1010 g/mol. The topological polar surface area (TPSA) is 102 Å². The van der Waals surface area contributed by atoms with Crippen molar-refractivity contribution >= 4 is 66.0 Å². The molecule has 9 nitrogen and oxygen atoms in total. The average molecular weight is 1020 g/mol. The quantitative estimate of drug-likeness (QED) is 0.0825. The Hall–Kier alpha value is -6.83. The number of rotatable bonds is 17. The first-order valence-corrected chi connectivity index (χ1v) is 26.7. The van der Waals surface area contributed by atoms with Crippen molar-refractivity contribution < 1.29 is 37.8 Å². The number of likely N-dealkylation sites (tertiary alicyclic amines) is 2. The minimum absolute atomic E-state index is 0.00468. The first-order chi connectivity index (χ1) is 35.5. The van der Waals surface area contributed by atoms with Gasteiger partial charge in [-0.15, -0.1) is 22.7 Å². The molecule has 6 aromatic carbocycles. The summed E-state index contributed by atoms with van der Waals surface area (Å²) in [6.45, 7) is 10.7. The van der Waals surface area contributed by atoms with Gasteiger partial charge in [-0.2, -0.15) is 0 Å². The Bertz CT molecular complexity index is 3220. The molecule has 8 aromatic rings. The van der Waals surface area contributed by atoms with E-state index in [1.54, 1.807) is 50.4 Å². The molecule has 0 bridgehead atoms. The Labute approximate surface area is 434 Å². The highest BCUT2D eigenvalue weighted by Gasteiger charge is 2.24. The average Bonchev–Trinajstić information content (AvgIpc) is 4.01. The maximum Gasteiger partial charge on any atom is 0.195 e. The number of methoxy groups -OCH3 is 1. The Kier molecular flexibility index (Phi) is 16.7. The summed E-state index contributed by atoms with van der Waals surface area (Å²) < 4.78 is 32.6. The van der Waals surface area contributed by atoms with E-state index in [0.29, 0.717) is 46.6 Å². The number of carbonyl (C=O) groups excluding carboxylic acids is 4. The number of fused-ring (bicyclic) bond motifs is 2. The molecular formula is C61H59FN2O7S2. The van der Waals surface area contributed by atoms with Crippen molar-refractivity contribution in [3.8, 4) is 38.1 Å². The number of hydrogen-bond donors (Lipinski definition) is 0. The SMILES string of the molecule is CC(=O)c1ccc2c(C(=O)c3ccc(OCCN4CCCCC4)cc3)c(-c3ccc(F)cc3)sc2c1.COc1ccc(-c2sc3cc(C(C)=O)ccc3c2C(=O)c2ccc(OCCN3CCCCC3)cc2)cc1. The predicted octanol–water partition coefficient (Wildman–Crippen LogP) is 13.9. The molecule has 12 heteroatoms. The van der Waals surface area contributed by atoms with Gasteiger partial charge in [-0.1, -0.05) is 49.2 Å². The largest absolute Gasteiger partial charge is 0.497 e. The van der Waals surface area contributed by atoms with E-state index in [4.69, 9.17) is 14.2 Å². The fraction of sp³-hybridized carbons (Fsp3) is 0.279. The molecule has 0 N–H and O–H groups in total. The van der Waals surface area contributed by atoms with Crippen LogP contribution in [-0.2, 0) is 0 Å². The predicted molar refractivity (Wildman–Crippen MR) is 292 cm³/mol. The van der Waals surface area contributed by atoms with Crippen molar-refractivity contribution in [1.82, 2.24) is 9.80 Å². The number of halogens is 1. The van der Waals surface area contributed by atoms with Crippen molar-refractivity contribution in [3.63, 3.8) is 0 Å². The third-order valence-electron chi connectivity index (χ3n) is 13.6. The summed E-state index contributed by atoms with van der Waals surface area (Å²) in [4.78, 5) is 58.0. The zero-order valence-electron chi connectivity index (χ0n) is 41.5. The summed E-state index contributed by atoms with van der Waals surface area (Å²) in [5.41, 5.74) is 5.31. The van der Waals surface area contributed by atoms with Gasteiger partial charge in [0.15, 0.2) is 23.1 Å². The lowest BCUT2D eigenvalue weighted by Gasteiger charge is -2.26. The number of hydrogen-bond acceptors (Lipinski definition) is 11. The standard InChI is InChI=1S/C31H31NO4S.C30H28FNO3S/c1-21(33)24-10-15-27-28(20-24)37-31(23-8-11-25(35-2)12-9-23)29(27)30(34)22-6-13-26(14-7-22)36-19-18-32-16-4-3-5-17-32;1-20(33)23-9-14-26-27(19-23)36-30(22-5-10-24(31)11-6-22)28(26)29(34)21-7-12-25(13-8-21)35-18-17-32-15-3-2-4-16-32/h6-15,20H,3-5,16-19H2,1-2H3;5-14,19H,2-4,15-18H2,1H3. The minimum Gasteiger partial charge on any atom is -0.497 e. The molecule has 0 saturated carbocycles. The van der Waals surface area contributed by atoms with Gasteiger partial charge in [0.2, 0.25) is 0 Å². The zero-order chi connectivity index (χ0) is 50.8. The van der Waals surface area contributed by atoms with Gasteiger partial charge in [-0.05, 0) is 174 Å². The summed E-state index contributed by atoms with van der Waals surface area (Å²) in [7, 11) is 1.63. The zero-order valence-corrected chi connectivity index (χ0v) is 43.2. The lowest BCUT2D eigenvalue weighted by Crippen LogP contribution is -2.33. The number of Topliss-reactive ketones (excluding diaryl/α,β-unsaturated/α-hetero) is 2. The van der Waals surface area contributed by atoms with Crippen molar-refractivity contribution in [3.05, 3.63) is 173 Å². The number of nitrogens with zero attached hydrogens (tertiary/aromatic N) is 2. The summed E-state index contributed by atoms with van der Waals surface area (Å²) in [5.74, 6) is 1.75. The van der Waals surface area contributed by atoms with Crippen LogP contribution >= 0.6 is 22.7 Å². The molecule has 2 aliphatic rings. The normalized spacial score (nSPS) is 14.1. The third-order valence-corrected chi connectivity index (χ3v) is 16.0. The van der Waals surface area contributed by atoms with E-state index in [-0.39, 0.29) is 29.0 Å². The molecule has 0 amide bonds. The molecule has 0 spiro atoms. The summed E-state index contributed by atoms with van der Waals surface area (Å²) in [5, 5.41) is 1.64. The summed E-state index contributed by atoms with van der Waals surface area (Å²) in [6, 6.07) is 39.5. The molecule has 2 saturated heterocycles. The second-order valence-corrected chi connectivity index (χ2v) is 20.7. The van der Waals surface area contributed by atoms with Crippen LogP contribution in [0.5, 0.6) is 17.2 Å². The van der Waals surface area contributed by atoms with Gasteiger partial charge in [0.25, 0.3) is 0 Å². The molecule has 0 radical (unpaired) electrons. The molecule has 2 aliphatic heterocycles. The van der Waals surface area contributed by atoms with Gasteiger partial charge >= 0.3 is 0 Å². The Morgan fingerprint density at radius 3 is 1.23 bits per heavy atom. The molecular weight excluding hydrogens is 956 g/mol. The lowest BCUT2D eigenvalue weighted by molar-refractivity contribution is 0.100. The Morgan fingerprint density at radius 2 is 0.849 bits per heavy atom. The van der Waals surface area contributed by atoms with E-state index in [1.165, 1.54) is 80.3 Å². The number of ether oxygens (including phenoxy) is 3. The summed E-state index contributed by atoms with van der Waals surface area (Å²) >= 11 is 2.97. The molecule has 0 atom stereocenters. The van der Waals surface area contributed by atoms with Crippen molar-refractivity contribution in [2.24, 2.45) is 0 Å². The fourth-order valence-corrected chi connectivity index (χ4v) is 12.0. The molecule has 0 unspecified atom stereocenters. The van der Waals surface area contributed by atoms with Crippen LogP contribution in [0.1, 0.15) is 105 Å². The highest BCUT2D eigenvalue weighted by molar-refractivity contribution is 7.23. The van der Waals surface area contributed by atoms with Crippen molar-refractivity contribution in [2.45, 2.75) is 52.4 Å². The fourth-order valence-electron chi connectivity index (χ4n) is 9.48. The van der Waals surface area contributed by atoms with E-state index in [0.717, 1.165) is 97.6 Å². The van der Waals surface area contributed by atoms with E-state index >= 15 is 0 Å². The van der Waals surface area contributed by atoms with E-state index in [2.05, 4.69) is 9.80 Å². The third kappa shape index (κ3) is 12.3. The second-order valence-electron chi connectivity index (χ2n) is 18.6. The molecule has 4 heterocycles. The van der Waals surface area contributed by atoms with Gasteiger partial charge in [-0.3, -0.25) is 29.0 Å². The van der Waals surface area contributed by atoms with Gasteiger partial charge in [0.05, 0.1) is 7.11 Å². The van der Waals surface area contributed by atoms with Crippen LogP contribution in [0.25, 0.3) is 41.1 Å². The van der Waals surface area contributed by atoms with Crippen LogP contribution in [0.2, 0.25) is 0 Å². The minimum atomic E-state index is -0.331.